The first kappa shape index (κ1) is 73.6. The third-order valence-corrected chi connectivity index (χ3v) is 25.4. The van der Waals surface area contributed by atoms with Gasteiger partial charge in [-0.3, -0.25) is 0 Å². The van der Waals surface area contributed by atoms with Crippen LogP contribution in [0.2, 0.25) is 0 Å². The second kappa shape index (κ2) is 30.5. The quantitative estimate of drug-likeness (QED) is 0.113. The fraction of sp³-hybridized carbons (Fsp3) is 0. The van der Waals surface area contributed by atoms with Crippen molar-refractivity contribution in [2.24, 2.45) is 0 Å². The fourth-order valence-corrected chi connectivity index (χ4v) is 19.8. The Morgan fingerprint density at radius 1 is 0.119 bits per heavy atom. The Kier molecular flexibility index (Phi) is 17.8. The summed E-state index contributed by atoms with van der Waals surface area (Å²) in [6, 6.07) is 154. The van der Waals surface area contributed by atoms with Crippen LogP contribution in [0.25, 0.3) is 165 Å². The molecule has 0 spiro atoms. The maximum Gasteiger partial charge on any atom is 0.467 e. The van der Waals surface area contributed by atoms with Gasteiger partial charge in [-0.1, -0.05) is 291 Å². The highest BCUT2D eigenvalue weighted by Gasteiger charge is 2.46. The minimum Gasteiger partial charge on any atom is -0.445 e. The molecule has 0 bridgehead atoms. The van der Waals surface area contributed by atoms with Crippen LogP contribution in [0, 0.1) is 0 Å². The molecule has 8 heterocycles. The first-order valence-electron chi connectivity index (χ1n) is 42.9. The number of hydrogen-bond acceptors (Lipinski definition) is 6. The molecule has 2 aliphatic rings. The van der Waals surface area contributed by atoms with Gasteiger partial charge in [0.05, 0.1) is 66.2 Å². The van der Waals surface area contributed by atoms with Gasteiger partial charge in [-0.2, -0.15) is 0 Å². The molecular formula is C108H72B6N6O6. The zero-order valence-electron chi connectivity index (χ0n) is 68.2. The molecule has 0 N–H and O–H groups in total. The van der Waals surface area contributed by atoms with Crippen molar-refractivity contribution in [1.29, 1.82) is 0 Å². The number of fused-ring (bicyclic) bond motifs is 18. The summed E-state index contributed by atoms with van der Waals surface area (Å²) in [5, 5.41) is 14.1. The van der Waals surface area contributed by atoms with E-state index in [-0.39, 0.29) is 0 Å². The smallest absolute Gasteiger partial charge is 0.445 e. The lowest BCUT2D eigenvalue weighted by Gasteiger charge is -2.32. The van der Waals surface area contributed by atoms with Crippen molar-refractivity contribution in [3.05, 3.63) is 437 Å². The second-order valence-corrected chi connectivity index (χ2v) is 32.6. The van der Waals surface area contributed by atoms with Gasteiger partial charge >= 0.3 is 42.7 Å². The van der Waals surface area contributed by atoms with Crippen molar-refractivity contribution < 1.29 is 27.4 Å². The lowest BCUT2D eigenvalue weighted by atomic mass is 9.61. The van der Waals surface area contributed by atoms with Gasteiger partial charge < -0.3 is 54.8 Å². The Labute approximate surface area is 727 Å². The summed E-state index contributed by atoms with van der Waals surface area (Å²) in [7, 11) is -4.52. The van der Waals surface area contributed by atoms with Crippen molar-refractivity contribution in [3.63, 3.8) is 0 Å². The van der Waals surface area contributed by atoms with E-state index in [1.807, 2.05) is 0 Å². The summed E-state index contributed by atoms with van der Waals surface area (Å²) in [6.07, 6.45) is 0. The maximum atomic E-state index is 7.00. The molecule has 0 saturated carbocycles. The number of benzene rings is 18. The monoisotopic (exact) mass is 1610 g/mol. The summed E-state index contributed by atoms with van der Waals surface area (Å²) in [6.45, 7) is 0. The van der Waals surface area contributed by atoms with Crippen LogP contribution < -0.4 is 32.8 Å². The van der Waals surface area contributed by atoms with E-state index in [9.17, 15) is 0 Å². The molecule has 0 unspecified atom stereocenters. The summed E-state index contributed by atoms with van der Waals surface area (Å²) in [4.78, 5) is 0. The highest BCUT2D eigenvalue weighted by molar-refractivity contribution is 6.88. The van der Waals surface area contributed by atoms with Crippen LogP contribution in [0.3, 0.4) is 0 Å². The number of nitrogens with zero attached hydrogens (tertiary/aromatic N) is 6. The van der Waals surface area contributed by atoms with E-state index >= 15 is 0 Å². The molecule has 2 fully saturated rings. The summed E-state index contributed by atoms with van der Waals surface area (Å²) >= 11 is 0. The van der Waals surface area contributed by atoms with E-state index < -0.39 is 42.7 Å². The standard InChI is InChI=1S/2C54H36B3N3O3/c1-4-16-40(17-5-1)58-51-27-15-12-24-45(51)48-34-37(30-33-52(48)58)55-61-56(38-28-31-46-43-22-10-13-25-49(43)59(53(46)35-38)41-18-6-2-7-19-41)63-57(62-55)39-29-32-47-44-23-11-14-26-50(44)60(54(47)36-39)42-20-8-3-9-21-42;1-3-17-40(18-4-1)58-49-26-11-9-24-45(49)47-32-30-38(35-53(47)58)56-61-55(37-16-15-21-42(34-37)60-51-28-13-7-22-43(51)44-23-8-14-29-52(44)60)62-57(63-56)39-31-33-48-46-25-10-12-27-50(46)59(54(48)36-39)41-19-5-2-6-20-41/h2*1-36H. The number of para-hydroxylation sites is 12. The third kappa shape index (κ3) is 12.3. The average molecular weight is 1610 g/mol. The van der Waals surface area contributed by atoms with Crippen LogP contribution in [0.4, 0.5) is 0 Å². The summed E-state index contributed by atoms with van der Waals surface area (Å²) < 4.78 is 55.9. The zero-order valence-corrected chi connectivity index (χ0v) is 68.2. The van der Waals surface area contributed by atoms with Crippen LogP contribution in [0.15, 0.2) is 437 Å². The molecule has 2 saturated heterocycles. The van der Waals surface area contributed by atoms with Gasteiger partial charge in [0.1, 0.15) is 0 Å². The Bertz CT molecular complexity index is 8010. The Morgan fingerprint density at radius 3 is 0.571 bits per heavy atom. The predicted molar refractivity (Wildman–Crippen MR) is 524 cm³/mol. The Morgan fingerprint density at radius 2 is 0.302 bits per heavy atom. The first-order valence-corrected chi connectivity index (χ1v) is 42.9. The molecule has 18 aromatic carbocycles. The van der Waals surface area contributed by atoms with Crippen molar-refractivity contribution in [2.75, 3.05) is 0 Å². The van der Waals surface area contributed by atoms with Gasteiger partial charge in [-0.25, -0.2) is 0 Å². The number of hydrogen-bond donors (Lipinski definition) is 0. The molecule has 126 heavy (non-hydrogen) atoms. The molecule has 2 aliphatic heterocycles. The molecule has 0 amide bonds. The van der Waals surface area contributed by atoms with Crippen LogP contribution >= 0.6 is 0 Å². The van der Waals surface area contributed by atoms with Gasteiger partial charge in [-0.15, -0.1) is 0 Å². The molecule has 12 nitrogen and oxygen atoms in total. The Balaban J connectivity index is 0.000000137. The normalized spacial score (nSPS) is 13.4. The van der Waals surface area contributed by atoms with Crippen molar-refractivity contribution in [1.82, 2.24) is 27.4 Å². The molecule has 6 aromatic heterocycles. The summed E-state index contributed by atoms with van der Waals surface area (Å²) in [5.41, 5.74) is 25.4. The van der Waals surface area contributed by atoms with Gasteiger partial charge in [0, 0.05) is 98.8 Å². The highest BCUT2D eigenvalue weighted by Crippen LogP contribution is 2.40. The number of rotatable bonds is 12. The SMILES string of the molecule is c1ccc(-n2c3ccccc3c3cc(B4OB(c5ccc6c7ccccc7n(-c7ccccc7)c6c5)OB(c5ccc6c7ccccc7n(-c7ccccc7)c6c5)O4)ccc32)cc1.c1ccc(-n2c3ccccc3c3ccc(B4OB(c5cccc(-n6c7ccccc7c7ccccc76)c5)OB(c5ccc6c7ccccc7n(-c7ccccc7)c6c5)O4)cc32)cc1. The largest absolute Gasteiger partial charge is 0.467 e. The third-order valence-electron chi connectivity index (χ3n) is 25.4. The van der Waals surface area contributed by atoms with Crippen molar-refractivity contribution >= 4 is 206 Å². The molecule has 24 aromatic rings. The van der Waals surface area contributed by atoms with Gasteiger partial charge in [0.2, 0.25) is 0 Å². The van der Waals surface area contributed by atoms with E-state index in [0.29, 0.717) is 0 Å². The molecule has 0 aliphatic carbocycles. The highest BCUT2D eigenvalue weighted by atomic mass is 16.7. The van der Waals surface area contributed by atoms with E-state index in [4.69, 9.17) is 27.4 Å². The molecular weight excluding hydrogens is 1540 g/mol. The first-order chi connectivity index (χ1) is 62.5. The van der Waals surface area contributed by atoms with Crippen LogP contribution in [0.1, 0.15) is 0 Å². The van der Waals surface area contributed by atoms with E-state index in [1.54, 1.807) is 0 Å². The van der Waals surface area contributed by atoms with Gasteiger partial charge in [-0.05, 0) is 178 Å². The van der Waals surface area contributed by atoms with Crippen molar-refractivity contribution in [2.45, 2.75) is 0 Å². The molecule has 0 atom stereocenters. The van der Waals surface area contributed by atoms with E-state index in [2.05, 4.69) is 464 Å². The molecule has 588 valence electrons. The molecule has 26 rings (SSSR count). The minimum absolute atomic E-state index is 0.747. The maximum absolute atomic E-state index is 7.00. The Hall–Kier alpha value is -15.1. The second-order valence-electron chi connectivity index (χ2n) is 32.6. The number of aromatic nitrogens is 6. The lowest BCUT2D eigenvalue weighted by molar-refractivity contribution is 0.307. The predicted octanol–water partition coefficient (Wildman–Crippen LogP) is 21.1. The molecule has 0 radical (unpaired) electrons. The average Bonchev–Trinajstić information content (AvgIpc) is 1.82. The topological polar surface area (TPSA) is 85.0 Å². The van der Waals surface area contributed by atoms with E-state index in [0.717, 1.165) is 165 Å². The van der Waals surface area contributed by atoms with Crippen LogP contribution in [0.5, 0.6) is 0 Å². The van der Waals surface area contributed by atoms with Crippen molar-refractivity contribution in [3.8, 4) is 34.1 Å². The lowest BCUT2D eigenvalue weighted by Crippen LogP contribution is -2.61. The summed E-state index contributed by atoms with van der Waals surface area (Å²) in [5.74, 6) is 0. The van der Waals surface area contributed by atoms with Crippen LogP contribution in [-0.2, 0) is 27.4 Å². The minimum atomic E-state index is -0.757. The van der Waals surface area contributed by atoms with Gasteiger partial charge in [0.15, 0.2) is 0 Å². The van der Waals surface area contributed by atoms with Gasteiger partial charge in [0.25, 0.3) is 0 Å². The van der Waals surface area contributed by atoms with E-state index in [1.165, 1.54) is 32.3 Å². The molecule has 18 heteroatoms. The van der Waals surface area contributed by atoms with Crippen LogP contribution in [-0.4, -0.2) is 70.1 Å². The zero-order chi connectivity index (χ0) is 82.9. The fourth-order valence-electron chi connectivity index (χ4n) is 19.8.